The van der Waals surface area contributed by atoms with Gasteiger partial charge in [0.2, 0.25) is 0 Å². The van der Waals surface area contributed by atoms with Crippen molar-refractivity contribution in [3.05, 3.63) is 35.4 Å². The van der Waals surface area contributed by atoms with Gasteiger partial charge in [-0.1, -0.05) is 30.7 Å². The molecular weight excluding hydrogens is 262 g/mol. The van der Waals surface area contributed by atoms with E-state index in [1.165, 1.54) is 25.8 Å². The van der Waals surface area contributed by atoms with Crippen LogP contribution in [0.5, 0.6) is 0 Å². The van der Waals surface area contributed by atoms with Crippen LogP contribution in [0.3, 0.4) is 0 Å². The summed E-state index contributed by atoms with van der Waals surface area (Å²) in [6.07, 6.45) is 3.63. The van der Waals surface area contributed by atoms with Crippen molar-refractivity contribution >= 4 is 0 Å². The number of aliphatic hydroxyl groups is 1. The lowest BCUT2D eigenvalue weighted by Crippen LogP contribution is -2.55. The Morgan fingerprint density at radius 1 is 1.14 bits per heavy atom. The summed E-state index contributed by atoms with van der Waals surface area (Å²) in [6, 6.07) is 8.74. The number of aliphatic hydroxyl groups excluding tert-OH is 1. The van der Waals surface area contributed by atoms with E-state index in [2.05, 4.69) is 9.80 Å². The SMILES string of the molecule is NCc1ccc(C(O)CN2CCN3CCCCC3C2)cc1. The highest BCUT2D eigenvalue weighted by atomic mass is 16.3. The fourth-order valence-electron chi connectivity index (χ4n) is 3.61. The van der Waals surface area contributed by atoms with Gasteiger partial charge in [-0.2, -0.15) is 0 Å². The Morgan fingerprint density at radius 2 is 1.95 bits per heavy atom. The van der Waals surface area contributed by atoms with E-state index in [9.17, 15) is 5.11 Å². The molecule has 1 aromatic rings. The number of piperidine rings is 1. The van der Waals surface area contributed by atoms with E-state index in [0.29, 0.717) is 12.6 Å². The predicted octanol–water partition coefficient (Wildman–Crippen LogP) is 1.35. The van der Waals surface area contributed by atoms with Gasteiger partial charge in [0.25, 0.3) is 0 Å². The van der Waals surface area contributed by atoms with Crippen molar-refractivity contribution in [1.82, 2.24) is 9.80 Å². The largest absolute Gasteiger partial charge is 0.387 e. The summed E-state index contributed by atoms with van der Waals surface area (Å²) in [7, 11) is 0. The average Bonchev–Trinajstić information content (AvgIpc) is 2.55. The van der Waals surface area contributed by atoms with Crippen molar-refractivity contribution in [3.63, 3.8) is 0 Å². The van der Waals surface area contributed by atoms with Crippen LogP contribution in [0.1, 0.15) is 36.5 Å². The quantitative estimate of drug-likeness (QED) is 0.878. The van der Waals surface area contributed by atoms with Crippen LogP contribution in [0.25, 0.3) is 0 Å². The van der Waals surface area contributed by atoms with Crippen LogP contribution in [-0.2, 0) is 6.54 Å². The lowest BCUT2D eigenvalue weighted by atomic mass is 9.99. The van der Waals surface area contributed by atoms with Gasteiger partial charge in [0, 0.05) is 38.8 Å². The second-order valence-corrected chi connectivity index (χ2v) is 6.41. The molecule has 0 aromatic heterocycles. The van der Waals surface area contributed by atoms with Gasteiger partial charge in [-0.3, -0.25) is 9.80 Å². The summed E-state index contributed by atoms with van der Waals surface area (Å²) in [4.78, 5) is 5.05. The number of rotatable bonds is 4. The minimum Gasteiger partial charge on any atom is -0.387 e. The molecule has 0 saturated carbocycles. The molecule has 3 N–H and O–H groups in total. The molecule has 2 atom stereocenters. The first kappa shape index (κ1) is 15.0. The van der Waals surface area contributed by atoms with E-state index in [-0.39, 0.29) is 0 Å². The van der Waals surface area contributed by atoms with Crippen LogP contribution in [0.2, 0.25) is 0 Å². The first-order chi connectivity index (χ1) is 10.3. The van der Waals surface area contributed by atoms with Gasteiger partial charge in [-0.15, -0.1) is 0 Å². The number of hydrogen-bond donors (Lipinski definition) is 2. The Balaban J connectivity index is 1.55. The number of nitrogens with zero attached hydrogens (tertiary/aromatic N) is 2. The van der Waals surface area contributed by atoms with E-state index in [1.54, 1.807) is 0 Å². The van der Waals surface area contributed by atoms with E-state index < -0.39 is 6.10 Å². The smallest absolute Gasteiger partial charge is 0.0916 e. The molecule has 1 aromatic carbocycles. The molecule has 2 aliphatic heterocycles. The molecule has 2 heterocycles. The van der Waals surface area contributed by atoms with Crippen molar-refractivity contribution in [2.75, 3.05) is 32.7 Å². The maximum absolute atomic E-state index is 10.4. The summed E-state index contributed by atoms with van der Waals surface area (Å²) in [5.41, 5.74) is 7.72. The molecule has 21 heavy (non-hydrogen) atoms. The van der Waals surface area contributed by atoms with Gasteiger partial charge in [0.05, 0.1) is 6.10 Å². The molecule has 0 bridgehead atoms. The second-order valence-electron chi connectivity index (χ2n) is 6.41. The Hall–Kier alpha value is -0.940. The third kappa shape index (κ3) is 3.64. The lowest BCUT2D eigenvalue weighted by Gasteiger charge is -2.44. The van der Waals surface area contributed by atoms with Gasteiger partial charge in [0.1, 0.15) is 0 Å². The van der Waals surface area contributed by atoms with Gasteiger partial charge >= 0.3 is 0 Å². The molecule has 2 fully saturated rings. The fourth-order valence-corrected chi connectivity index (χ4v) is 3.61. The molecule has 4 nitrogen and oxygen atoms in total. The molecule has 4 heteroatoms. The molecule has 0 amide bonds. The molecule has 0 spiro atoms. The van der Waals surface area contributed by atoms with Crippen molar-refractivity contribution in [1.29, 1.82) is 0 Å². The van der Waals surface area contributed by atoms with Crippen LogP contribution in [0.15, 0.2) is 24.3 Å². The summed E-state index contributed by atoms with van der Waals surface area (Å²) in [5.74, 6) is 0. The van der Waals surface area contributed by atoms with Crippen molar-refractivity contribution in [2.45, 2.75) is 38.0 Å². The normalized spacial score (nSPS) is 25.5. The second kappa shape index (κ2) is 6.88. The average molecular weight is 289 g/mol. The molecule has 2 saturated heterocycles. The molecule has 0 radical (unpaired) electrons. The first-order valence-electron chi connectivity index (χ1n) is 8.19. The standard InChI is InChI=1S/C17H27N3O/c18-11-14-4-6-15(7-5-14)17(21)13-19-9-10-20-8-2-1-3-16(20)12-19/h4-7,16-17,21H,1-3,8-13,18H2. The minimum absolute atomic E-state index is 0.396. The van der Waals surface area contributed by atoms with Crippen LogP contribution in [-0.4, -0.2) is 53.7 Å². The van der Waals surface area contributed by atoms with E-state index in [0.717, 1.165) is 37.3 Å². The van der Waals surface area contributed by atoms with Gasteiger partial charge in [0.15, 0.2) is 0 Å². The van der Waals surface area contributed by atoms with Crippen LogP contribution in [0, 0.1) is 0 Å². The molecule has 3 rings (SSSR count). The van der Waals surface area contributed by atoms with Gasteiger partial charge in [-0.05, 0) is 30.5 Å². The topological polar surface area (TPSA) is 52.7 Å². The van der Waals surface area contributed by atoms with Gasteiger partial charge < -0.3 is 10.8 Å². The van der Waals surface area contributed by atoms with Gasteiger partial charge in [-0.25, -0.2) is 0 Å². The van der Waals surface area contributed by atoms with Crippen LogP contribution >= 0.6 is 0 Å². The number of hydrogen-bond acceptors (Lipinski definition) is 4. The number of nitrogens with two attached hydrogens (primary N) is 1. The third-order valence-corrected chi connectivity index (χ3v) is 4.95. The van der Waals surface area contributed by atoms with Crippen molar-refractivity contribution < 1.29 is 5.11 Å². The van der Waals surface area contributed by atoms with E-state index in [1.807, 2.05) is 24.3 Å². The monoisotopic (exact) mass is 289 g/mol. The predicted molar refractivity (Wildman–Crippen MR) is 84.9 cm³/mol. The highest BCUT2D eigenvalue weighted by Gasteiger charge is 2.29. The summed E-state index contributed by atoms with van der Waals surface area (Å²) < 4.78 is 0. The number of β-amino-alcohol motifs (C(OH)–C–C–N with tert-alkyl or cyclic N) is 1. The molecule has 0 aliphatic carbocycles. The van der Waals surface area contributed by atoms with Crippen molar-refractivity contribution in [2.24, 2.45) is 5.73 Å². The molecule has 116 valence electrons. The van der Waals surface area contributed by atoms with E-state index in [4.69, 9.17) is 5.73 Å². The number of piperazine rings is 1. The molecule has 2 aliphatic rings. The Morgan fingerprint density at radius 3 is 2.71 bits per heavy atom. The van der Waals surface area contributed by atoms with Crippen molar-refractivity contribution in [3.8, 4) is 0 Å². The maximum Gasteiger partial charge on any atom is 0.0916 e. The summed E-state index contributed by atoms with van der Waals surface area (Å²) >= 11 is 0. The number of fused-ring (bicyclic) bond motifs is 1. The Kier molecular flexibility index (Phi) is 4.91. The fraction of sp³-hybridized carbons (Fsp3) is 0.647. The minimum atomic E-state index is -0.396. The zero-order chi connectivity index (χ0) is 14.7. The lowest BCUT2D eigenvalue weighted by molar-refractivity contribution is 0.0234. The summed E-state index contributed by atoms with van der Waals surface area (Å²) in [6.45, 7) is 5.91. The Bertz CT molecular complexity index is 448. The number of benzene rings is 1. The highest BCUT2D eigenvalue weighted by Crippen LogP contribution is 2.23. The highest BCUT2D eigenvalue weighted by molar-refractivity contribution is 5.24. The first-order valence-corrected chi connectivity index (χ1v) is 8.19. The van der Waals surface area contributed by atoms with Crippen LogP contribution < -0.4 is 5.73 Å². The zero-order valence-corrected chi connectivity index (χ0v) is 12.7. The Labute approximate surface area is 127 Å². The van der Waals surface area contributed by atoms with E-state index >= 15 is 0 Å². The summed E-state index contributed by atoms with van der Waals surface area (Å²) in [5, 5.41) is 10.4. The molecular formula is C17H27N3O. The zero-order valence-electron chi connectivity index (χ0n) is 12.7. The molecule has 2 unspecified atom stereocenters. The maximum atomic E-state index is 10.4. The van der Waals surface area contributed by atoms with Crippen LogP contribution in [0.4, 0.5) is 0 Å². The third-order valence-electron chi connectivity index (χ3n) is 4.95.